The molecule has 0 saturated carbocycles. The maximum absolute atomic E-state index is 4.44. The number of likely N-dealkylation sites (tertiary alicyclic amines) is 1. The fourth-order valence-electron chi connectivity index (χ4n) is 2.94. The molecule has 1 fully saturated rings. The Kier molecular flexibility index (Phi) is 3.28. The average molecular weight is 244 g/mol. The number of hydrogen-bond donors (Lipinski definition) is 0. The van der Waals surface area contributed by atoms with E-state index in [9.17, 15) is 0 Å². The summed E-state index contributed by atoms with van der Waals surface area (Å²) in [6, 6.07) is 4.61. The van der Waals surface area contributed by atoms with Gasteiger partial charge in [0.25, 0.3) is 0 Å². The van der Waals surface area contributed by atoms with Crippen LogP contribution < -0.4 is 0 Å². The molecule has 1 aliphatic rings. The van der Waals surface area contributed by atoms with Gasteiger partial charge in [-0.15, -0.1) is 0 Å². The minimum atomic E-state index is 0.642. The molecule has 1 unspecified atom stereocenters. The van der Waals surface area contributed by atoms with Crippen molar-refractivity contribution < 1.29 is 0 Å². The summed E-state index contributed by atoms with van der Waals surface area (Å²) < 4.78 is 2.20. The molecule has 1 atom stereocenters. The smallest absolute Gasteiger partial charge is 0.159 e. The van der Waals surface area contributed by atoms with Crippen LogP contribution in [0, 0.1) is 0 Å². The summed E-state index contributed by atoms with van der Waals surface area (Å²) >= 11 is 0. The molecule has 2 aromatic heterocycles. The average Bonchev–Trinajstić information content (AvgIpc) is 2.83. The van der Waals surface area contributed by atoms with E-state index in [-0.39, 0.29) is 0 Å². The van der Waals surface area contributed by atoms with Crippen LogP contribution in [0.1, 0.15) is 26.2 Å². The molecule has 4 nitrogen and oxygen atoms in total. The molecule has 2 aromatic rings. The minimum Gasteiger partial charge on any atom is -0.314 e. The summed E-state index contributed by atoms with van der Waals surface area (Å²) in [7, 11) is 0. The van der Waals surface area contributed by atoms with Crippen molar-refractivity contribution in [1.82, 2.24) is 19.4 Å². The van der Waals surface area contributed by atoms with Gasteiger partial charge in [-0.1, -0.05) is 13.3 Å². The highest BCUT2D eigenvalue weighted by Crippen LogP contribution is 2.19. The second-order valence-electron chi connectivity index (χ2n) is 5.02. The van der Waals surface area contributed by atoms with E-state index < -0.39 is 0 Å². The number of nitrogens with zero attached hydrogens (tertiary/aromatic N) is 4. The van der Waals surface area contributed by atoms with E-state index in [1.807, 2.05) is 24.7 Å². The first-order chi connectivity index (χ1) is 8.88. The Balaban J connectivity index is 1.82. The number of pyridine rings is 1. The van der Waals surface area contributed by atoms with Crippen LogP contribution in [0.5, 0.6) is 0 Å². The Labute approximate surface area is 108 Å². The first kappa shape index (κ1) is 11.7. The molecule has 1 aliphatic heterocycles. The molecule has 1 saturated heterocycles. The SMILES string of the molecule is CCN1CCCCC1Cn1cnc2cccnc21. The quantitative estimate of drug-likeness (QED) is 0.831. The van der Waals surface area contributed by atoms with Crippen LogP contribution in [0.4, 0.5) is 0 Å². The van der Waals surface area contributed by atoms with Gasteiger partial charge in [-0.25, -0.2) is 9.97 Å². The molecular formula is C14H20N4. The van der Waals surface area contributed by atoms with Crippen molar-refractivity contribution in [2.24, 2.45) is 0 Å². The van der Waals surface area contributed by atoms with E-state index in [1.165, 1.54) is 25.8 Å². The predicted molar refractivity (Wildman–Crippen MR) is 72.4 cm³/mol. The Morgan fingerprint density at radius 3 is 3.17 bits per heavy atom. The zero-order valence-electron chi connectivity index (χ0n) is 10.9. The number of hydrogen-bond acceptors (Lipinski definition) is 3. The third-order valence-corrected chi connectivity index (χ3v) is 3.94. The number of imidazole rings is 1. The molecule has 18 heavy (non-hydrogen) atoms. The number of piperidine rings is 1. The predicted octanol–water partition coefficient (Wildman–Crippen LogP) is 2.31. The van der Waals surface area contributed by atoms with E-state index in [0.717, 1.165) is 24.3 Å². The van der Waals surface area contributed by atoms with E-state index in [0.29, 0.717) is 6.04 Å². The topological polar surface area (TPSA) is 34.0 Å². The van der Waals surface area contributed by atoms with E-state index in [2.05, 4.69) is 26.4 Å². The van der Waals surface area contributed by atoms with Gasteiger partial charge in [0.2, 0.25) is 0 Å². The zero-order chi connectivity index (χ0) is 12.4. The van der Waals surface area contributed by atoms with Crippen LogP contribution >= 0.6 is 0 Å². The van der Waals surface area contributed by atoms with Crippen molar-refractivity contribution in [1.29, 1.82) is 0 Å². The molecule has 0 N–H and O–H groups in total. The van der Waals surface area contributed by atoms with Crippen molar-refractivity contribution in [3.05, 3.63) is 24.7 Å². The highest BCUT2D eigenvalue weighted by molar-refractivity contribution is 5.69. The fraction of sp³-hybridized carbons (Fsp3) is 0.571. The van der Waals surface area contributed by atoms with Crippen molar-refractivity contribution in [3.63, 3.8) is 0 Å². The van der Waals surface area contributed by atoms with Crippen LogP contribution in [-0.2, 0) is 6.54 Å². The Morgan fingerprint density at radius 2 is 2.28 bits per heavy atom. The van der Waals surface area contributed by atoms with Crippen LogP contribution in [-0.4, -0.2) is 38.6 Å². The largest absolute Gasteiger partial charge is 0.314 e. The second kappa shape index (κ2) is 5.06. The maximum atomic E-state index is 4.44. The highest BCUT2D eigenvalue weighted by atomic mass is 15.2. The lowest BCUT2D eigenvalue weighted by molar-refractivity contribution is 0.141. The van der Waals surface area contributed by atoms with Gasteiger partial charge in [0.15, 0.2) is 5.65 Å². The molecule has 4 heteroatoms. The molecule has 0 aliphatic carbocycles. The lowest BCUT2D eigenvalue weighted by Crippen LogP contribution is -2.41. The van der Waals surface area contributed by atoms with Gasteiger partial charge in [-0.2, -0.15) is 0 Å². The third-order valence-electron chi connectivity index (χ3n) is 3.94. The number of fused-ring (bicyclic) bond motifs is 1. The second-order valence-corrected chi connectivity index (χ2v) is 5.02. The van der Waals surface area contributed by atoms with Crippen LogP contribution in [0.2, 0.25) is 0 Å². The summed E-state index contributed by atoms with van der Waals surface area (Å²) in [4.78, 5) is 11.4. The number of aromatic nitrogens is 3. The number of likely N-dealkylation sites (N-methyl/N-ethyl adjacent to an activating group) is 1. The van der Waals surface area contributed by atoms with Gasteiger partial charge in [-0.05, 0) is 38.1 Å². The van der Waals surface area contributed by atoms with Crippen LogP contribution in [0.25, 0.3) is 11.2 Å². The molecule has 96 valence electrons. The van der Waals surface area contributed by atoms with Crippen molar-refractivity contribution in [2.75, 3.05) is 13.1 Å². The Hall–Kier alpha value is -1.42. The fourth-order valence-corrected chi connectivity index (χ4v) is 2.94. The molecular weight excluding hydrogens is 224 g/mol. The number of rotatable bonds is 3. The molecule has 0 spiro atoms. The highest BCUT2D eigenvalue weighted by Gasteiger charge is 2.21. The lowest BCUT2D eigenvalue weighted by Gasteiger charge is -2.35. The summed E-state index contributed by atoms with van der Waals surface area (Å²) in [6.45, 7) is 5.65. The molecule has 3 rings (SSSR count). The van der Waals surface area contributed by atoms with Crippen LogP contribution in [0.3, 0.4) is 0 Å². The van der Waals surface area contributed by atoms with E-state index in [4.69, 9.17) is 0 Å². The van der Waals surface area contributed by atoms with Gasteiger partial charge in [-0.3, -0.25) is 4.90 Å². The monoisotopic (exact) mass is 244 g/mol. The summed E-state index contributed by atoms with van der Waals surface area (Å²) in [5.74, 6) is 0. The molecule has 3 heterocycles. The van der Waals surface area contributed by atoms with E-state index >= 15 is 0 Å². The molecule has 0 radical (unpaired) electrons. The van der Waals surface area contributed by atoms with Gasteiger partial charge >= 0.3 is 0 Å². The maximum Gasteiger partial charge on any atom is 0.159 e. The van der Waals surface area contributed by atoms with E-state index in [1.54, 1.807) is 0 Å². The van der Waals surface area contributed by atoms with Gasteiger partial charge in [0, 0.05) is 18.8 Å². The van der Waals surface area contributed by atoms with Gasteiger partial charge in [0.1, 0.15) is 5.52 Å². The summed E-state index contributed by atoms with van der Waals surface area (Å²) in [6.07, 6.45) is 7.76. The lowest BCUT2D eigenvalue weighted by atomic mass is 10.0. The summed E-state index contributed by atoms with van der Waals surface area (Å²) in [5, 5.41) is 0. The molecule has 0 bridgehead atoms. The van der Waals surface area contributed by atoms with Crippen molar-refractivity contribution >= 4 is 11.2 Å². The van der Waals surface area contributed by atoms with Crippen molar-refractivity contribution in [2.45, 2.75) is 38.8 Å². The Bertz CT molecular complexity index is 519. The first-order valence-electron chi connectivity index (χ1n) is 6.88. The van der Waals surface area contributed by atoms with Gasteiger partial charge < -0.3 is 4.57 Å². The first-order valence-corrected chi connectivity index (χ1v) is 6.88. The summed E-state index contributed by atoms with van der Waals surface area (Å²) in [5.41, 5.74) is 2.01. The zero-order valence-corrected chi connectivity index (χ0v) is 10.9. The normalized spacial score (nSPS) is 21.5. The third kappa shape index (κ3) is 2.12. The molecule has 0 amide bonds. The van der Waals surface area contributed by atoms with Crippen LogP contribution in [0.15, 0.2) is 24.7 Å². The van der Waals surface area contributed by atoms with Crippen molar-refractivity contribution in [3.8, 4) is 0 Å². The standard InChI is InChI=1S/C14H20N4/c1-2-17-9-4-3-6-12(17)10-18-11-16-13-7-5-8-15-14(13)18/h5,7-8,11-12H,2-4,6,9-10H2,1H3. The molecule has 0 aromatic carbocycles. The Morgan fingerprint density at radius 1 is 1.33 bits per heavy atom. The van der Waals surface area contributed by atoms with Gasteiger partial charge in [0.05, 0.1) is 6.33 Å². The minimum absolute atomic E-state index is 0.642.